The van der Waals surface area contributed by atoms with Crippen molar-refractivity contribution in [2.75, 3.05) is 31.6 Å². The summed E-state index contributed by atoms with van der Waals surface area (Å²) < 4.78 is 5.97. The molecule has 188 valence electrons. The highest BCUT2D eigenvalue weighted by atomic mass is 16.6. The van der Waals surface area contributed by atoms with Crippen LogP contribution in [0.15, 0.2) is 48.5 Å². The van der Waals surface area contributed by atoms with Crippen molar-refractivity contribution in [2.24, 2.45) is 11.8 Å². The molecule has 0 bridgehead atoms. The fraction of sp³-hybridized carbons (Fsp3) is 0.536. The number of anilines is 1. The van der Waals surface area contributed by atoms with Crippen molar-refractivity contribution in [2.45, 2.75) is 57.8 Å². The van der Waals surface area contributed by atoms with Gasteiger partial charge in [0.05, 0.1) is 10.3 Å². The molecule has 2 fully saturated rings. The number of likely N-dealkylation sites (tertiary alicyclic amines) is 1. The van der Waals surface area contributed by atoms with Crippen LogP contribution in [0.25, 0.3) is 0 Å². The lowest BCUT2D eigenvalue weighted by Crippen LogP contribution is -2.42. The first-order valence-corrected chi connectivity index (χ1v) is 12.9. The summed E-state index contributed by atoms with van der Waals surface area (Å²) in [6, 6.07) is 14.0. The lowest BCUT2D eigenvalue weighted by atomic mass is 9.68. The second-order valence-corrected chi connectivity index (χ2v) is 10.5. The summed E-state index contributed by atoms with van der Waals surface area (Å²) in [7, 11) is 0. The van der Waals surface area contributed by atoms with Gasteiger partial charge in [-0.25, -0.2) is 0 Å². The molecule has 0 spiro atoms. The van der Waals surface area contributed by atoms with Crippen molar-refractivity contribution in [3.05, 3.63) is 64.2 Å². The van der Waals surface area contributed by atoms with Crippen LogP contribution in [0.2, 0.25) is 0 Å². The number of hydrogen-bond donors (Lipinski definition) is 1. The van der Waals surface area contributed by atoms with Gasteiger partial charge in [0.15, 0.2) is 0 Å². The Bertz CT molecular complexity index is 990. The van der Waals surface area contributed by atoms with Gasteiger partial charge in [0.2, 0.25) is 5.91 Å². The second kappa shape index (κ2) is 11.2. The number of carbonyl (C=O) groups excluding carboxylic acids is 1. The van der Waals surface area contributed by atoms with Crippen LogP contribution in [-0.2, 0) is 10.2 Å². The molecule has 0 aromatic heterocycles. The Hall–Kier alpha value is -2.93. The molecule has 35 heavy (non-hydrogen) atoms. The minimum Gasteiger partial charge on any atom is -0.492 e. The Morgan fingerprint density at radius 1 is 1.03 bits per heavy atom. The molecule has 7 heteroatoms. The van der Waals surface area contributed by atoms with E-state index >= 15 is 0 Å². The van der Waals surface area contributed by atoms with Gasteiger partial charge in [-0.3, -0.25) is 19.8 Å². The summed E-state index contributed by atoms with van der Waals surface area (Å²) in [5.41, 5.74) is 0.958. The molecule has 2 aromatic rings. The zero-order chi connectivity index (χ0) is 24.8. The Morgan fingerprint density at radius 3 is 2.26 bits per heavy atom. The van der Waals surface area contributed by atoms with Crippen molar-refractivity contribution in [1.29, 1.82) is 0 Å². The average Bonchev–Trinajstić information content (AvgIpc) is 2.85. The zero-order valence-electron chi connectivity index (χ0n) is 20.9. The van der Waals surface area contributed by atoms with Gasteiger partial charge >= 0.3 is 0 Å². The number of rotatable bonds is 8. The highest BCUT2D eigenvalue weighted by Crippen LogP contribution is 2.41. The molecule has 2 atom stereocenters. The van der Waals surface area contributed by atoms with E-state index < -0.39 is 10.3 Å². The molecule has 1 saturated heterocycles. The number of piperidine rings is 1. The fourth-order valence-electron chi connectivity index (χ4n) is 5.86. The van der Waals surface area contributed by atoms with Gasteiger partial charge in [0.1, 0.15) is 12.4 Å². The quantitative estimate of drug-likeness (QED) is 0.382. The number of ether oxygens (including phenoxy) is 1. The maximum atomic E-state index is 13.5. The second-order valence-electron chi connectivity index (χ2n) is 10.5. The molecule has 1 N–H and O–H groups in total. The number of nitro benzene ring substituents is 1. The Morgan fingerprint density at radius 2 is 1.66 bits per heavy atom. The summed E-state index contributed by atoms with van der Waals surface area (Å²) in [4.78, 5) is 26.6. The molecule has 2 aliphatic rings. The normalized spacial score (nSPS) is 22.3. The first-order chi connectivity index (χ1) is 16.9. The Balaban J connectivity index is 1.36. The summed E-state index contributed by atoms with van der Waals surface area (Å²) >= 11 is 0. The number of nitrogens with one attached hydrogen (secondary N) is 1. The molecule has 7 nitrogen and oxygen atoms in total. The van der Waals surface area contributed by atoms with Crippen LogP contribution in [0.4, 0.5) is 11.4 Å². The van der Waals surface area contributed by atoms with Crippen molar-refractivity contribution in [3.8, 4) is 5.75 Å². The van der Waals surface area contributed by atoms with Gasteiger partial charge in [-0.05, 0) is 60.9 Å². The van der Waals surface area contributed by atoms with Crippen molar-refractivity contribution in [3.63, 3.8) is 0 Å². The fourth-order valence-corrected chi connectivity index (χ4v) is 5.86. The van der Waals surface area contributed by atoms with Gasteiger partial charge in [-0.15, -0.1) is 0 Å². The molecule has 1 aliphatic heterocycles. The van der Waals surface area contributed by atoms with E-state index in [-0.39, 0.29) is 11.6 Å². The first kappa shape index (κ1) is 25.2. The molecular weight excluding hydrogens is 442 g/mol. The smallest absolute Gasteiger partial charge is 0.269 e. The molecule has 1 heterocycles. The zero-order valence-corrected chi connectivity index (χ0v) is 20.9. The first-order valence-electron chi connectivity index (χ1n) is 12.9. The third-order valence-corrected chi connectivity index (χ3v) is 7.51. The van der Waals surface area contributed by atoms with Gasteiger partial charge in [-0.2, -0.15) is 0 Å². The molecule has 4 rings (SSSR count). The summed E-state index contributed by atoms with van der Waals surface area (Å²) in [6.07, 6.45) is 5.81. The lowest BCUT2D eigenvalue weighted by molar-refractivity contribution is -0.384. The number of non-ortho nitro benzene ring substituents is 1. The van der Waals surface area contributed by atoms with Crippen LogP contribution in [0.1, 0.15) is 57.9 Å². The number of benzene rings is 2. The van der Waals surface area contributed by atoms with E-state index in [4.69, 9.17) is 4.74 Å². The summed E-state index contributed by atoms with van der Waals surface area (Å²) in [5.74, 6) is 2.22. The maximum Gasteiger partial charge on any atom is 0.269 e. The van der Waals surface area contributed by atoms with E-state index in [2.05, 4.69) is 24.1 Å². The number of nitrogens with zero attached hydrogens (tertiary/aromatic N) is 2. The van der Waals surface area contributed by atoms with Crippen LogP contribution < -0.4 is 10.1 Å². The molecular formula is C28H37N3O4. The van der Waals surface area contributed by atoms with E-state index in [0.29, 0.717) is 6.61 Å². The third kappa shape index (κ3) is 6.20. The van der Waals surface area contributed by atoms with Crippen LogP contribution in [0, 0.1) is 22.0 Å². The number of amides is 1. The lowest BCUT2D eigenvalue weighted by Gasteiger charge is -2.36. The van der Waals surface area contributed by atoms with E-state index in [1.807, 2.05) is 24.3 Å². The van der Waals surface area contributed by atoms with Crippen molar-refractivity contribution < 1.29 is 14.5 Å². The molecule has 1 saturated carbocycles. The summed E-state index contributed by atoms with van der Waals surface area (Å²) in [5, 5.41) is 14.2. The van der Waals surface area contributed by atoms with Gasteiger partial charge in [-0.1, -0.05) is 45.2 Å². The number of carbonyl (C=O) groups is 1. The van der Waals surface area contributed by atoms with E-state index in [9.17, 15) is 14.9 Å². The molecule has 0 unspecified atom stereocenters. The van der Waals surface area contributed by atoms with Gasteiger partial charge < -0.3 is 10.1 Å². The Labute approximate surface area is 208 Å². The summed E-state index contributed by atoms with van der Waals surface area (Å²) in [6.45, 7) is 8.47. The molecule has 2 aromatic carbocycles. The minimum atomic E-state index is -0.661. The van der Waals surface area contributed by atoms with E-state index in [1.54, 1.807) is 12.1 Å². The van der Waals surface area contributed by atoms with Crippen LogP contribution in [0.3, 0.4) is 0 Å². The van der Waals surface area contributed by atoms with Crippen LogP contribution in [0.5, 0.6) is 5.75 Å². The van der Waals surface area contributed by atoms with Gasteiger partial charge in [0, 0.05) is 37.5 Å². The van der Waals surface area contributed by atoms with E-state index in [1.165, 1.54) is 18.6 Å². The molecule has 1 amide bonds. The SMILES string of the molecule is C[C@H]1C[C@H](C)CN(CCOc2ccc(NC(=O)C3(c4ccc([N+](=O)[O-])cc4)CCCCC3)cc2)C1. The highest BCUT2D eigenvalue weighted by molar-refractivity contribution is 5.99. The van der Waals surface area contributed by atoms with Crippen molar-refractivity contribution in [1.82, 2.24) is 4.90 Å². The topological polar surface area (TPSA) is 84.7 Å². The van der Waals surface area contributed by atoms with Crippen LogP contribution >= 0.6 is 0 Å². The average molecular weight is 480 g/mol. The number of hydrogen-bond acceptors (Lipinski definition) is 5. The monoisotopic (exact) mass is 479 g/mol. The Kier molecular flexibility index (Phi) is 8.06. The highest BCUT2D eigenvalue weighted by Gasteiger charge is 2.41. The largest absolute Gasteiger partial charge is 0.492 e. The predicted octanol–water partition coefficient (Wildman–Crippen LogP) is 5.79. The van der Waals surface area contributed by atoms with Gasteiger partial charge in [0.25, 0.3) is 5.69 Å². The third-order valence-electron chi connectivity index (χ3n) is 7.51. The molecule has 1 aliphatic carbocycles. The maximum absolute atomic E-state index is 13.5. The van der Waals surface area contributed by atoms with Crippen molar-refractivity contribution >= 4 is 17.3 Å². The standard InChI is InChI=1S/C28H37N3O4/c1-21-18-22(2)20-30(19-21)16-17-35-26-12-8-24(9-13-26)29-27(32)28(14-4-3-5-15-28)23-6-10-25(11-7-23)31(33)34/h6-13,21-22H,3-5,14-20H2,1-2H3,(H,29,32)/t21-,22-/m0/s1. The minimum absolute atomic E-state index is 0.0417. The molecule has 0 radical (unpaired) electrons. The number of nitro groups is 1. The van der Waals surface area contributed by atoms with Crippen LogP contribution in [-0.4, -0.2) is 42.0 Å². The predicted molar refractivity (Wildman–Crippen MR) is 138 cm³/mol. The van der Waals surface area contributed by atoms with E-state index in [0.717, 1.165) is 80.6 Å².